The summed E-state index contributed by atoms with van der Waals surface area (Å²) in [5.74, 6) is -0.233. The van der Waals surface area contributed by atoms with E-state index < -0.39 is 11.9 Å². The Kier molecular flexibility index (Phi) is 8.66. The van der Waals surface area contributed by atoms with Gasteiger partial charge >= 0.3 is 0 Å². The third-order valence-corrected chi connectivity index (χ3v) is 6.54. The first kappa shape index (κ1) is 26.1. The van der Waals surface area contributed by atoms with Gasteiger partial charge in [-0.05, 0) is 48.2 Å². The van der Waals surface area contributed by atoms with E-state index >= 15 is 0 Å². The summed E-state index contributed by atoms with van der Waals surface area (Å²) in [5.41, 5.74) is 1.31. The molecule has 0 spiro atoms. The van der Waals surface area contributed by atoms with E-state index in [1.165, 1.54) is 49.8 Å². The van der Waals surface area contributed by atoms with Gasteiger partial charge < -0.3 is 19.7 Å². The van der Waals surface area contributed by atoms with Crippen molar-refractivity contribution in [3.05, 3.63) is 83.7 Å². The van der Waals surface area contributed by atoms with Crippen LogP contribution in [-0.4, -0.2) is 46.9 Å². The highest BCUT2D eigenvalue weighted by Gasteiger charge is 2.34. The van der Waals surface area contributed by atoms with Gasteiger partial charge in [-0.1, -0.05) is 37.5 Å². The van der Waals surface area contributed by atoms with E-state index in [9.17, 15) is 14.0 Å². The van der Waals surface area contributed by atoms with Gasteiger partial charge in [0.15, 0.2) is 11.5 Å². The molecular weight excluding hydrogens is 475 g/mol. The average Bonchev–Trinajstić information content (AvgIpc) is 2.94. The normalized spacial score (nSPS) is 14.5. The molecule has 1 fully saturated rings. The minimum atomic E-state index is -1.01. The van der Waals surface area contributed by atoms with Gasteiger partial charge in [0, 0.05) is 25.0 Å². The molecule has 1 saturated carbocycles. The molecule has 1 atom stereocenters. The van der Waals surface area contributed by atoms with E-state index in [0.29, 0.717) is 22.6 Å². The monoisotopic (exact) mass is 506 g/mol. The fourth-order valence-corrected chi connectivity index (χ4v) is 4.65. The Bertz CT molecular complexity index is 1200. The molecule has 3 aromatic rings. The lowest BCUT2D eigenvalue weighted by atomic mass is 9.94. The molecule has 1 aliphatic rings. The molecule has 0 bridgehead atoms. The van der Waals surface area contributed by atoms with Crippen LogP contribution in [0, 0.1) is 5.82 Å². The van der Waals surface area contributed by atoms with Gasteiger partial charge in [0.2, 0.25) is 5.91 Å². The summed E-state index contributed by atoms with van der Waals surface area (Å²) in [6, 6.07) is 10.0. The topological polar surface area (TPSA) is 93.7 Å². The molecule has 194 valence electrons. The molecule has 2 amide bonds. The van der Waals surface area contributed by atoms with Crippen LogP contribution in [0.25, 0.3) is 0 Å². The lowest BCUT2D eigenvalue weighted by Gasteiger charge is -2.33. The number of carbonyl (C=O) groups excluding carboxylic acids is 2. The van der Waals surface area contributed by atoms with Gasteiger partial charge in [-0.3, -0.25) is 14.6 Å². The number of benzene rings is 2. The van der Waals surface area contributed by atoms with Gasteiger partial charge in [-0.15, -0.1) is 0 Å². The number of rotatable bonds is 9. The fourth-order valence-electron chi connectivity index (χ4n) is 4.65. The van der Waals surface area contributed by atoms with Crippen LogP contribution in [0.3, 0.4) is 0 Å². The number of hydrogen-bond donors (Lipinski definition) is 1. The van der Waals surface area contributed by atoms with E-state index in [1.54, 1.807) is 30.3 Å². The summed E-state index contributed by atoms with van der Waals surface area (Å²) in [5, 5.41) is 3.16. The summed E-state index contributed by atoms with van der Waals surface area (Å²) in [4.78, 5) is 37.4. The van der Waals surface area contributed by atoms with E-state index in [1.807, 2.05) is 0 Å². The smallest absolute Gasteiger partial charge is 0.275 e. The van der Waals surface area contributed by atoms with E-state index in [0.717, 1.165) is 32.1 Å². The van der Waals surface area contributed by atoms with Crippen molar-refractivity contribution in [2.75, 3.05) is 14.2 Å². The Morgan fingerprint density at radius 3 is 2.41 bits per heavy atom. The summed E-state index contributed by atoms with van der Waals surface area (Å²) in [7, 11) is 3.04. The van der Waals surface area contributed by atoms with Crippen molar-refractivity contribution in [3.8, 4) is 11.5 Å². The molecule has 4 rings (SSSR count). The lowest BCUT2D eigenvalue weighted by Crippen LogP contribution is -2.47. The fraction of sp³-hybridized carbons (Fsp3) is 0.357. The molecule has 0 unspecified atom stereocenters. The van der Waals surface area contributed by atoms with Crippen LogP contribution in [0.4, 0.5) is 4.39 Å². The van der Waals surface area contributed by atoms with Crippen LogP contribution >= 0.6 is 0 Å². The predicted octanol–water partition coefficient (Wildman–Crippen LogP) is 4.47. The van der Waals surface area contributed by atoms with Gasteiger partial charge in [0.1, 0.15) is 17.6 Å². The number of aromatic nitrogens is 2. The molecule has 1 heterocycles. The zero-order valence-corrected chi connectivity index (χ0v) is 21.0. The van der Waals surface area contributed by atoms with Crippen LogP contribution in [0.5, 0.6) is 11.5 Å². The van der Waals surface area contributed by atoms with Crippen molar-refractivity contribution in [1.82, 2.24) is 20.2 Å². The second-order valence-corrected chi connectivity index (χ2v) is 9.01. The van der Waals surface area contributed by atoms with E-state index in [-0.39, 0.29) is 30.0 Å². The van der Waals surface area contributed by atoms with Crippen LogP contribution < -0.4 is 14.8 Å². The Morgan fingerprint density at radius 2 is 1.76 bits per heavy atom. The van der Waals surface area contributed by atoms with E-state index in [4.69, 9.17) is 9.47 Å². The van der Waals surface area contributed by atoms with Crippen LogP contribution in [0.2, 0.25) is 0 Å². The van der Waals surface area contributed by atoms with E-state index in [2.05, 4.69) is 15.3 Å². The van der Waals surface area contributed by atoms with Gasteiger partial charge in [-0.2, -0.15) is 0 Å². The SMILES string of the molecule is COc1ccc([C@@H](C(=O)NC2CCCCC2)N(Cc2ccc(F)cc2)C(=O)c2cnccn2)cc1OC. The number of amides is 2. The molecule has 0 radical (unpaired) electrons. The zero-order valence-electron chi connectivity index (χ0n) is 21.0. The summed E-state index contributed by atoms with van der Waals surface area (Å²) < 4.78 is 24.5. The maximum atomic E-state index is 13.9. The summed E-state index contributed by atoms with van der Waals surface area (Å²) in [6.07, 6.45) is 9.28. The number of halogens is 1. The molecule has 37 heavy (non-hydrogen) atoms. The Labute approximate surface area is 215 Å². The van der Waals surface area contributed by atoms with Crippen molar-refractivity contribution < 1.29 is 23.5 Å². The molecule has 9 heteroatoms. The summed E-state index contributed by atoms with van der Waals surface area (Å²) in [6.45, 7) is 0.0484. The van der Waals surface area contributed by atoms with Gasteiger partial charge in [0.25, 0.3) is 5.91 Å². The molecular formula is C28H31FN4O4. The lowest BCUT2D eigenvalue weighted by molar-refractivity contribution is -0.127. The van der Waals surface area contributed by atoms with Crippen LogP contribution in [-0.2, 0) is 11.3 Å². The maximum absolute atomic E-state index is 13.9. The molecule has 2 aromatic carbocycles. The maximum Gasteiger partial charge on any atom is 0.275 e. The Hall–Kier alpha value is -4.01. The second kappa shape index (κ2) is 12.3. The highest BCUT2D eigenvalue weighted by molar-refractivity contribution is 5.96. The minimum absolute atomic E-state index is 0.0307. The van der Waals surface area contributed by atoms with Crippen LogP contribution in [0.1, 0.15) is 59.8 Å². The number of nitrogens with one attached hydrogen (secondary N) is 1. The number of methoxy groups -OCH3 is 2. The van der Waals surface area contributed by atoms with Crippen LogP contribution in [0.15, 0.2) is 61.1 Å². The Morgan fingerprint density at radius 1 is 1.03 bits per heavy atom. The number of ether oxygens (including phenoxy) is 2. The van der Waals surface area contributed by atoms with Gasteiger partial charge in [-0.25, -0.2) is 9.37 Å². The van der Waals surface area contributed by atoms with Crippen molar-refractivity contribution in [1.29, 1.82) is 0 Å². The Balaban J connectivity index is 1.79. The molecule has 0 saturated heterocycles. The molecule has 1 aliphatic carbocycles. The third-order valence-electron chi connectivity index (χ3n) is 6.54. The zero-order chi connectivity index (χ0) is 26.2. The largest absolute Gasteiger partial charge is 0.493 e. The third kappa shape index (κ3) is 6.41. The first-order chi connectivity index (χ1) is 18.0. The number of carbonyl (C=O) groups is 2. The quantitative estimate of drug-likeness (QED) is 0.460. The highest BCUT2D eigenvalue weighted by Crippen LogP contribution is 2.34. The standard InChI is InChI=1S/C28H31FN4O4/c1-36-24-13-10-20(16-25(24)37-2)26(27(34)32-22-6-4-3-5-7-22)33(18-19-8-11-21(29)12-9-19)28(35)23-17-30-14-15-31-23/h8-17,22,26H,3-7,18H2,1-2H3,(H,32,34)/t26-/m0/s1. The number of nitrogens with zero attached hydrogens (tertiary/aromatic N) is 3. The van der Waals surface area contributed by atoms with Gasteiger partial charge in [0.05, 0.1) is 20.4 Å². The molecule has 1 N–H and O–H groups in total. The average molecular weight is 507 g/mol. The minimum Gasteiger partial charge on any atom is -0.493 e. The molecule has 0 aliphatic heterocycles. The number of hydrogen-bond acceptors (Lipinski definition) is 6. The molecule has 8 nitrogen and oxygen atoms in total. The molecule has 1 aromatic heterocycles. The predicted molar refractivity (Wildman–Crippen MR) is 136 cm³/mol. The van der Waals surface area contributed by atoms with Crippen molar-refractivity contribution in [2.45, 2.75) is 50.7 Å². The summed E-state index contributed by atoms with van der Waals surface area (Å²) >= 11 is 0. The first-order valence-electron chi connectivity index (χ1n) is 12.3. The second-order valence-electron chi connectivity index (χ2n) is 9.01. The highest BCUT2D eigenvalue weighted by atomic mass is 19.1. The van der Waals surface area contributed by atoms with Crippen molar-refractivity contribution in [2.24, 2.45) is 0 Å². The first-order valence-corrected chi connectivity index (χ1v) is 12.3. The van der Waals surface area contributed by atoms with Crippen molar-refractivity contribution >= 4 is 11.8 Å². The van der Waals surface area contributed by atoms with Crippen molar-refractivity contribution in [3.63, 3.8) is 0 Å².